The number of rotatable bonds is 9. The summed E-state index contributed by atoms with van der Waals surface area (Å²) >= 11 is 0. The third kappa shape index (κ3) is 5.39. The fraction of sp³-hybridized carbons (Fsp3) is 0.720. The van der Waals surface area contributed by atoms with E-state index in [1.165, 1.54) is 19.8 Å². The average molecular weight is 435 g/mol. The summed E-state index contributed by atoms with van der Waals surface area (Å²) in [6, 6.07) is 0. The van der Waals surface area contributed by atoms with Gasteiger partial charge in [-0.05, 0) is 62.7 Å². The molecule has 0 radical (unpaired) electrons. The second-order valence-electron chi connectivity index (χ2n) is 9.45. The Kier molecular flexibility index (Phi) is 8.49. The van der Waals surface area contributed by atoms with Gasteiger partial charge in [-0.25, -0.2) is 4.79 Å². The molecular weight excluding hydrogens is 396 g/mol. The lowest BCUT2D eigenvalue weighted by Crippen LogP contribution is -2.53. The van der Waals surface area contributed by atoms with Crippen molar-refractivity contribution in [2.24, 2.45) is 22.7 Å². The van der Waals surface area contributed by atoms with Gasteiger partial charge in [-0.15, -0.1) is 0 Å². The van der Waals surface area contributed by atoms with Gasteiger partial charge in [0, 0.05) is 11.0 Å². The van der Waals surface area contributed by atoms with Crippen molar-refractivity contribution < 1.29 is 28.6 Å². The zero-order valence-corrected chi connectivity index (χ0v) is 19.8. The molecule has 4 atom stereocenters. The first-order valence-electron chi connectivity index (χ1n) is 11.3. The molecule has 0 aromatic heterocycles. The molecule has 1 saturated carbocycles. The van der Waals surface area contributed by atoms with Crippen LogP contribution in [-0.4, -0.2) is 38.7 Å². The molecule has 0 heterocycles. The maximum absolute atomic E-state index is 12.3. The van der Waals surface area contributed by atoms with E-state index < -0.39 is 5.97 Å². The Morgan fingerprint density at radius 1 is 1.10 bits per heavy atom. The highest BCUT2D eigenvalue weighted by molar-refractivity contribution is 5.87. The third-order valence-corrected chi connectivity index (χ3v) is 7.99. The molecular formula is C25H38O6. The van der Waals surface area contributed by atoms with Gasteiger partial charge in [-0.1, -0.05) is 32.1 Å². The van der Waals surface area contributed by atoms with Crippen molar-refractivity contribution in [3.8, 4) is 0 Å². The second kappa shape index (κ2) is 10.5. The number of ether oxygens (including phenoxy) is 3. The molecule has 2 aliphatic rings. The van der Waals surface area contributed by atoms with E-state index in [2.05, 4.69) is 38.2 Å². The summed E-state index contributed by atoms with van der Waals surface area (Å²) in [5.74, 6) is -0.301. The number of carbonyl (C=O) groups is 3. The van der Waals surface area contributed by atoms with Crippen LogP contribution in [0.1, 0.15) is 72.1 Å². The molecule has 174 valence electrons. The van der Waals surface area contributed by atoms with Crippen molar-refractivity contribution >= 4 is 17.9 Å². The Hall–Kier alpha value is -2.11. The van der Waals surface area contributed by atoms with Gasteiger partial charge >= 0.3 is 17.9 Å². The van der Waals surface area contributed by atoms with Crippen LogP contribution < -0.4 is 0 Å². The molecule has 0 N–H and O–H groups in total. The summed E-state index contributed by atoms with van der Waals surface area (Å²) < 4.78 is 15.2. The molecule has 31 heavy (non-hydrogen) atoms. The first-order chi connectivity index (χ1) is 14.6. The van der Waals surface area contributed by atoms with Gasteiger partial charge in [0.15, 0.2) is 0 Å². The minimum Gasteiger partial charge on any atom is -0.469 e. The lowest BCUT2D eigenvalue weighted by Gasteiger charge is -2.58. The molecule has 0 saturated heterocycles. The Morgan fingerprint density at radius 3 is 2.42 bits per heavy atom. The van der Waals surface area contributed by atoms with Crippen LogP contribution in [0.2, 0.25) is 0 Å². The van der Waals surface area contributed by atoms with E-state index in [0.29, 0.717) is 30.4 Å². The highest BCUT2D eigenvalue weighted by Gasteiger charge is 2.55. The summed E-state index contributed by atoms with van der Waals surface area (Å²) in [4.78, 5) is 35.5. The monoisotopic (exact) mass is 434 g/mol. The number of esters is 3. The van der Waals surface area contributed by atoms with Crippen LogP contribution in [0.15, 0.2) is 23.8 Å². The number of hydrogen-bond donors (Lipinski definition) is 0. The summed E-state index contributed by atoms with van der Waals surface area (Å²) in [6.07, 6.45) is 7.83. The van der Waals surface area contributed by atoms with Gasteiger partial charge in [-0.2, -0.15) is 0 Å². The number of fused-ring (bicyclic) bond motifs is 1. The molecule has 0 amide bonds. The van der Waals surface area contributed by atoms with Crippen molar-refractivity contribution in [1.29, 1.82) is 0 Å². The number of carbonyl (C=O) groups excluding carboxylic acids is 3. The van der Waals surface area contributed by atoms with E-state index in [9.17, 15) is 14.4 Å². The van der Waals surface area contributed by atoms with Crippen LogP contribution in [0.5, 0.6) is 0 Å². The van der Waals surface area contributed by atoms with Gasteiger partial charge in [0.05, 0.1) is 27.1 Å². The number of allylic oxidation sites excluding steroid dienone is 1. The summed E-state index contributed by atoms with van der Waals surface area (Å²) in [5, 5.41) is 0. The molecule has 2 aliphatic carbocycles. The third-order valence-electron chi connectivity index (χ3n) is 7.99. The average Bonchev–Trinajstić information content (AvgIpc) is 2.77. The first-order valence-corrected chi connectivity index (χ1v) is 11.3. The van der Waals surface area contributed by atoms with Crippen molar-refractivity contribution in [3.05, 3.63) is 23.8 Å². The van der Waals surface area contributed by atoms with E-state index in [1.54, 1.807) is 0 Å². The molecule has 2 rings (SSSR count). The van der Waals surface area contributed by atoms with E-state index >= 15 is 0 Å². The van der Waals surface area contributed by atoms with Gasteiger partial charge in [0.1, 0.15) is 6.61 Å². The minimum atomic E-state index is -0.411. The van der Waals surface area contributed by atoms with Gasteiger partial charge in [-0.3, -0.25) is 9.59 Å². The minimum absolute atomic E-state index is 0.0108. The summed E-state index contributed by atoms with van der Waals surface area (Å²) in [6.45, 7) is 11.0. The lowest BCUT2D eigenvalue weighted by molar-refractivity contribution is -0.156. The SMILES string of the molecule is C=C(CCC1(C)C(C)CCC2(COC(=O)CCC(=O)OC)C(C)=CCCC21)C(=O)OC. The second-order valence-corrected chi connectivity index (χ2v) is 9.45. The maximum Gasteiger partial charge on any atom is 0.333 e. The molecule has 0 aliphatic heterocycles. The van der Waals surface area contributed by atoms with Gasteiger partial charge in [0.2, 0.25) is 0 Å². The van der Waals surface area contributed by atoms with E-state index in [0.717, 1.165) is 32.1 Å². The van der Waals surface area contributed by atoms with Crippen molar-refractivity contribution in [3.63, 3.8) is 0 Å². The molecule has 4 unspecified atom stereocenters. The Labute approximate surface area is 186 Å². The zero-order chi connectivity index (χ0) is 23.2. The van der Waals surface area contributed by atoms with E-state index in [1.807, 2.05) is 0 Å². The highest BCUT2D eigenvalue weighted by Crippen LogP contribution is 2.62. The molecule has 0 spiro atoms. The van der Waals surface area contributed by atoms with Crippen LogP contribution in [0.4, 0.5) is 0 Å². The Bertz CT molecular complexity index is 738. The Balaban J connectivity index is 2.19. The van der Waals surface area contributed by atoms with Crippen LogP contribution in [-0.2, 0) is 28.6 Å². The quantitative estimate of drug-likeness (QED) is 0.225. The van der Waals surface area contributed by atoms with Gasteiger partial charge < -0.3 is 14.2 Å². The van der Waals surface area contributed by atoms with E-state index in [4.69, 9.17) is 9.47 Å². The van der Waals surface area contributed by atoms with Crippen LogP contribution >= 0.6 is 0 Å². The molecule has 1 fully saturated rings. The summed E-state index contributed by atoms with van der Waals surface area (Å²) in [7, 11) is 2.69. The summed E-state index contributed by atoms with van der Waals surface area (Å²) in [5.41, 5.74) is 1.58. The smallest absolute Gasteiger partial charge is 0.333 e. The number of methoxy groups -OCH3 is 2. The van der Waals surface area contributed by atoms with Crippen molar-refractivity contribution in [1.82, 2.24) is 0 Å². The fourth-order valence-corrected chi connectivity index (χ4v) is 5.66. The van der Waals surface area contributed by atoms with Crippen molar-refractivity contribution in [2.75, 3.05) is 20.8 Å². The largest absolute Gasteiger partial charge is 0.469 e. The zero-order valence-electron chi connectivity index (χ0n) is 19.8. The normalized spacial score (nSPS) is 29.9. The maximum atomic E-state index is 12.3. The van der Waals surface area contributed by atoms with Crippen LogP contribution in [0.25, 0.3) is 0 Å². The van der Waals surface area contributed by atoms with Crippen LogP contribution in [0.3, 0.4) is 0 Å². The molecule has 6 heteroatoms. The standard InChI is InChI=1S/C25H38O6/c1-17(23(28)30-6)12-14-24(4)18(2)13-15-25(19(3)8-7-9-20(24)25)16-31-22(27)11-10-21(26)29-5/h8,18,20H,1,7,9-16H2,2-6H3. The molecule has 6 nitrogen and oxygen atoms in total. The fourth-order valence-electron chi connectivity index (χ4n) is 5.66. The Morgan fingerprint density at radius 2 is 1.77 bits per heavy atom. The lowest BCUT2D eigenvalue weighted by atomic mass is 9.46. The molecule has 0 aromatic carbocycles. The molecule has 0 bridgehead atoms. The predicted octanol–water partition coefficient (Wildman–Crippen LogP) is 4.77. The highest BCUT2D eigenvalue weighted by atomic mass is 16.5. The van der Waals surface area contributed by atoms with Crippen molar-refractivity contribution in [2.45, 2.75) is 72.1 Å². The van der Waals surface area contributed by atoms with E-state index in [-0.39, 0.29) is 35.6 Å². The predicted molar refractivity (Wildman–Crippen MR) is 118 cm³/mol. The topological polar surface area (TPSA) is 78.9 Å². The van der Waals surface area contributed by atoms with Gasteiger partial charge in [0.25, 0.3) is 0 Å². The molecule has 0 aromatic rings. The first kappa shape index (κ1) is 25.2. The number of hydrogen-bond acceptors (Lipinski definition) is 6. The van der Waals surface area contributed by atoms with Crippen LogP contribution in [0, 0.1) is 22.7 Å².